The average Bonchev–Trinajstić information content (AvgIpc) is 2.37. The van der Waals surface area contributed by atoms with E-state index in [4.69, 9.17) is 16.2 Å². The molecule has 4 nitrogen and oxygen atoms in total. The van der Waals surface area contributed by atoms with Crippen molar-refractivity contribution in [3.8, 4) is 0 Å². The lowest BCUT2D eigenvalue weighted by molar-refractivity contribution is -0.884. The molecule has 1 aromatic carbocycles. The van der Waals surface area contributed by atoms with Gasteiger partial charge in [-0.1, -0.05) is 30.3 Å². The van der Waals surface area contributed by atoms with Gasteiger partial charge in [0.2, 0.25) is 0 Å². The predicted octanol–water partition coefficient (Wildman–Crippen LogP) is 3.77. The molecule has 0 aliphatic carbocycles. The van der Waals surface area contributed by atoms with Crippen molar-refractivity contribution in [2.24, 2.45) is 0 Å². The van der Waals surface area contributed by atoms with E-state index in [1.807, 2.05) is 0 Å². The largest absolute Gasteiger partial charge is 0.370 e. The molecule has 8 heteroatoms. The van der Waals surface area contributed by atoms with Gasteiger partial charge in [0.1, 0.15) is 6.54 Å². The minimum absolute atomic E-state index is 0.0315. The summed E-state index contributed by atoms with van der Waals surface area (Å²) >= 11 is 5.19. The van der Waals surface area contributed by atoms with Crippen molar-refractivity contribution in [1.29, 1.82) is 0 Å². The molecule has 0 unspecified atom stereocenters. The number of halogens is 3. The number of hydrogen-bond donors (Lipinski definition) is 1. The van der Waals surface area contributed by atoms with Crippen molar-refractivity contribution in [2.75, 3.05) is 27.0 Å². The smallest absolute Gasteiger partial charge is 0.327 e. The van der Waals surface area contributed by atoms with E-state index >= 15 is 0 Å². The molecule has 0 amide bonds. The lowest BCUT2D eigenvalue weighted by atomic mass is 10.2. The molecule has 1 aromatic rings. The maximum absolute atomic E-state index is 12.4. The number of hydrogen-bond acceptors (Lipinski definition) is 2. The molecule has 0 aliphatic rings. The number of unbranched alkanes of at least 4 members (excludes halogenated alkanes) is 1. The highest BCUT2D eigenvalue weighted by molar-refractivity contribution is 7.86. The van der Waals surface area contributed by atoms with E-state index in [1.165, 1.54) is 5.56 Å². The average molecular weight is 373 g/mol. The number of rotatable bonds is 7. The minimum atomic E-state index is -5.26. The Morgan fingerprint density at radius 1 is 1.13 bits per heavy atom. The van der Waals surface area contributed by atoms with Gasteiger partial charge in [-0.2, -0.15) is 17.2 Å². The van der Waals surface area contributed by atoms with Crippen molar-refractivity contribution in [3.05, 3.63) is 35.9 Å². The Morgan fingerprint density at radius 2 is 1.65 bits per heavy atom. The Bertz CT molecular complexity index is 546. The maximum atomic E-state index is 12.4. The molecule has 1 rings (SSSR count). The van der Waals surface area contributed by atoms with Crippen molar-refractivity contribution in [3.63, 3.8) is 0 Å². The van der Waals surface area contributed by atoms with Gasteiger partial charge in [-0.3, -0.25) is 4.55 Å². The first-order valence-corrected chi connectivity index (χ1v) is 9.12. The lowest BCUT2D eigenvalue weighted by Crippen LogP contribution is -2.33. The molecule has 0 radical (unpaired) electrons. The summed E-state index contributed by atoms with van der Waals surface area (Å²) in [5.41, 5.74) is 1.40. The van der Waals surface area contributed by atoms with Crippen molar-refractivity contribution in [2.45, 2.75) is 31.1 Å². The number of alkyl halides is 3. The van der Waals surface area contributed by atoms with E-state index in [2.05, 4.69) is 51.5 Å². The van der Waals surface area contributed by atoms with Crippen LogP contribution in [0, 0.1) is 0 Å². The van der Waals surface area contributed by atoms with Crippen LogP contribution in [-0.2, 0) is 16.7 Å². The van der Waals surface area contributed by atoms with Gasteiger partial charge >= 0.3 is 15.4 Å². The fraction of sp³-hybridized carbons (Fsp3) is 0.600. The molecule has 0 aromatic heterocycles. The topological polar surface area (TPSA) is 54.4 Å². The van der Waals surface area contributed by atoms with Gasteiger partial charge in [0.25, 0.3) is 0 Å². The molecular formula is C15H25ClF2NO3S+. The lowest BCUT2D eigenvalue weighted by Gasteiger charge is -2.23. The number of quaternary nitrogens is 1. The quantitative estimate of drug-likeness (QED) is 0.343. The van der Waals surface area contributed by atoms with Crippen LogP contribution in [0.4, 0.5) is 8.78 Å². The first-order chi connectivity index (χ1) is 10.4. The molecule has 0 saturated carbocycles. The highest BCUT2D eigenvalue weighted by Crippen LogP contribution is 2.26. The second-order valence-corrected chi connectivity index (χ2v) is 8.12. The van der Waals surface area contributed by atoms with Crippen LogP contribution in [-0.4, -0.2) is 49.7 Å². The molecule has 0 spiro atoms. The van der Waals surface area contributed by atoms with Crippen LogP contribution in [0.25, 0.3) is 0 Å². The van der Waals surface area contributed by atoms with Gasteiger partial charge in [-0.25, -0.2) is 0 Å². The fourth-order valence-corrected chi connectivity index (χ4v) is 2.28. The SMILES string of the molecule is C[N+](C)(C)Cc1ccccc1.O=S(=O)(O)C(F)(F)CCCCCl. The summed E-state index contributed by atoms with van der Waals surface area (Å²) in [7, 11) is 1.34. The summed E-state index contributed by atoms with van der Waals surface area (Å²) in [4.78, 5) is 0. The van der Waals surface area contributed by atoms with E-state index in [9.17, 15) is 17.2 Å². The molecule has 0 fully saturated rings. The number of benzene rings is 1. The van der Waals surface area contributed by atoms with E-state index in [0.29, 0.717) is 6.42 Å². The Kier molecular flexibility index (Phi) is 9.20. The van der Waals surface area contributed by atoms with Crippen molar-refractivity contribution in [1.82, 2.24) is 0 Å². The summed E-state index contributed by atoms with van der Waals surface area (Å²) in [6, 6.07) is 10.6. The molecule has 0 heterocycles. The van der Waals surface area contributed by atoms with Crippen LogP contribution in [0.1, 0.15) is 24.8 Å². The molecule has 1 N–H and O–H groups in total. The third-order valence-electron chi connectivity index (χ3n) is 2.73. The zero-order valence-electron chi connectivity index (χ0n) is 13.7. The Balaban J connectivity index is 0.000000422. The van der Waals surface area contributed by atoms with E-state index in [1.54, 1.807) is 0 Å². The highest BCUT2D eigenvalue weighted by atomic mass is 35.5. The van der Waals surface area contributed by atoms with E-state index < -0.39 is 21.8 Å². The number of nitrogens with zero attached hydrogens (tertiary/aromatic N) is 1. The second kappa shape index (κ2) is 9.52. The standard InChI is InChI=1S/C10H16N.C5H9ClF2O3S/c1-11(2,3)9-10-7-5-4-6-8-10;6-4-2-1-3-5(7,8)12(9,10)11/h4-8H,9H2,1-3H3;1-4H2,(H,9,10,11)/q+1;. The van der Waals surface area contributed by atoms with Crippen molar-refractivity contribution < 1.29 is 26.2 Å². The van der Waals surface area contributed by atoms with Crippen LogP contribution < -0.4 is 0 Å². The van der Waals surface area contributed by atoms with Crippen LogP contribution in [0.3, 0.4) is 0 Å². The van der Waals surface area contributed by atoms with Gasteiger partial charge in [0, 0.05) is 17.9 Å². The molecule has 23 heavy (non-hydrogen) atoms. The van der Waals surface area contributed by atoms with Crippen LogP contribution in [0.15, 0.2) is 30.3 Å². The molecular weight excluding hydrogens is 348 g/mol. The molecule has 0 aliphatic heterocycles. The first-order valence-electron chi connectivity index (χ1n) is 7.14. The van der Waals surface area contributed by atoms with Gasteiger partial charge < -0.3 is 4.48 Å². The van der Waals surface area contributed by atoms with Gasteiger partial charge in [-0.05, 0) is 12.8 Å². The first kappa shape index (κ1) is 22.2. The molecule has 0 atom stereocenters. The monoisotopic (exact) mass is 372 g/mol. The summed E-state index contributed by atoms with van der Waals surface area (Å²) in [5.74, 6) is 0.196. The van der Waals surface area contributed by atoms with Crippen LogP contribution in [0.2, 0.25) is 0 Å². The van der Waals surface area contributed by atoms with Crippen LogP contribution in [0.5, 0.6) is 0 Å². The summed E-state index contributed by atoms with van der Waals surface area (Å²) in [6.45, 7) is 1.10. The van der Waals surface area contributed by atoms with E-state index in [-0.39, 0.29) is 12.3 Å². The third kappa shape index (κ3) is 10.6. The highest BCUT2D eigenvalue weighted by Gasteiger charge is 2.42. The van der Waals surface area contributed by atoms with E-state index in [0.717, 1.165) is 11.0 Å². The van der Waals surface area contributed by atoms with Crippen molar-refractivity contribution >= 4 is 21.7 Å². The zero-order valence-corrected chi connectivity index (χ0v) is 15.2. The van der Waals surface area contributed by atoms with Gasteiger partial charge in [-0.15, -0.1) is 11.6 Å². The normalized spacial score (nSPS) is 12.5. The summed E-state index contributed by atoms with van der Waals surface area (Å²) < 4.78 is 53.8. The maximum Gasteiger partial charge on any atom is 0.370 e. The second-order valence-electron chi connectivity index (χ2n) is 6.19. The Labute approximate surface area is 142 Å². The third-order valence-corrected chi connectivity index (χ3v) is 3.95. The Hall–Kier alpha value is -0.760. The Morgan fingerprint density at radius 3 is 2.04 bits per heavy atom. The predicted molar refractivity (Wildman–Crippen MR) is 89.2 cm³/mol. The molecule has 134 valence electrons. The van der Waals surface area contributed by atoms with Crippen LogP contribution >= 0.6 is 11.6 Å². The minimum Gasteiger partial charge on any atom is -0.327 e. The zero-order chi connectivity index (χ0) is 18.1. The summed E-state index contributed by atoms with van der Waals surface area (Å²) in [5, 5.41) is -4.04. The molecule has 0 saturated heterocycles. The summed E-state index contributed by atoms with van der Waals surface area (Å²) in [6.07, 6.45) is -0.624. The fourth-order valence-electron chi connectivity index (χ4n) is 1.69. The van der Waals surface area contributed by atoms with Gasteiger partial charge in [0.15, 0.2) is 0 Å². The van der Waals surface area contributed by atoms with Gasteiger partial charge in [0.05, 0.1) is 21.1 Å². The molecule has 0 bridgehead atoms.